The summed E-state index contributed by atoms with van der Waals surface area (Å²) >= 11 is 3.47. The minimum Gasteiger partial charge on any atom is -0.378 e. The van der Waals surface area contributed by atoms with E-state index < -0.39 is 0 Å². The lowest BCUT2D eigenvalue weighted by Crippen LogP contribution is -2.29. The van der Waals surface area contributed by atoms with Crippen LogP contribution in [-0.2, 0) is 0 Å². The Balaban J connectivity index is 1.67. The molecule has 5 heteroatoms. The molecule has 4 rings (SSSR count). The van der Waals surface area contributed by atoms with Crippen molar-refractivity contribution in [2.45, 2.75) is 5.92 Å². The van der Waals surface area contributed by atoms with E-state index in [-0.39, 0.29) is 11.8 Å². The Kier molecular flexibility index (Phi) is 5.91. The molecule has 30 heavy (non-hydrogen) atoms. The number of benzene rings is 3. The summed E-state index contributed by atoms with van der Waals surface area (Å²) in [6, 6.07) is 24.3. The first-order valence-electron chi connectivity index (χ1n) is 9.90. The molecular formula is C25H24BrN3O. The largest absolute Gasteiger partial charge is 0.378 e. The van der Waals surface area contributed by atoms with Gasteiger partial charge in [-0.2, -0.15) is 0 Å². The second kappa shape index (κ2) is 8.76. The molecule has 1 atom stereocenters. The van der Waals surface area contributed by atoms with Gasteiger partial charge in [-0.1, -0.05) is 42.5 Å². The van der Waals surface area contributed by atoms with Crippen molar-refractivity contribution in [3.8, 4) is 0 Å². The molecule has 1 amide bonds. The number of halogens is 1. The summed E-state index contributed by atoms with van der Waals surface area (Å²) in [6.07, 6.45) is 2.06. The van der Waals surface area contributed by atoms with E-state index in [4.69, 9.17) is 0 Å². The Morgan fingerprint density at radius 2 is 1.70 bits per heavy atom. The van der Waals surface area contributed by atoms with Crippen LogP contribution in [0.15, 0.2) is 83.5 Å². The van der Waals surface area contributed by atoms with Crippen LogP contribution in [0.25, 0.3) is 10.9 Å². The number of nitrogens with one attached hydrogen (secondary N) is 2. The van der Waals surface area contributed by atoms with E-state index in [1.165, 1.54) is 10.9 Å². The van der Waals surface area contributed by atoms with Crippen LogP contribution in [0.1, 0.15) is 27.4 Å². The molecule has 0 spiro atoms. The molecule has 0 saturated carbocycles. The lowest BCUT2D eigenvalue weighted by molar-refractivity contribution is 0.0951. The summed E-state index contributed by atoms with van der Waals surface area (Å²) < 4.78 is 0.793. The number of nitrogens with zero attached hydrogens (tertiary/aromatic N) is 1. The fourth-order valence-corrected chi connectivity index (χ4v) is 4.19. The standard InChI is InChI=1S/C25H24BrN3O/c1-29(2)18-13-11-17(12-14-18)21(22-16-27-24-10-6-4-7-19(22)24)15-28-25(30)20-8-3-5-9-23(20)26/h3-14,16,21,27H,15H2,1-2H3,(H,28,30)/t21-/m0/s1. The van der Waals surface area contributed by atoms with Crippen LogP contribution in [0.2, 0.25) is 0 Å². The fourth-order valence-electron chi connectivity index (χ4n) is 3.73. The number of carbonyl (C=O) groups excluding carboxylic acids is 1. The van der Waals surface area contributed by atoms with Crippen LogP contribution in [0.3, 0.4) is 0 Å². The number of amides is 1. The van der Waals surface area contributed by atoms with Gasteiger partial charge in [-0.25, -0.2) is 0 Å². The van der Waals surface area contributed by atoms with Crippen molar-refractivity contribution < 1.29 is 4.79 Å². The Bertz CT molecular complexity index is 1160. The number of H-pyrrole nitrogens is 1. The van der Waals surface area contributed by atoms with Gasteiger partial charge >= 0.3 is 0 Å². The van der Waals surface area contributed by atoms with Crippen molar-refractivity contribution in [2.75, 3.05) is 25.5 Å². The molecule has 0 unspecified atom stereocenters. The maximum Gasteiger partial charge on any atom is 0.252 e. The van der Waals surface area contributed by atoms with Gasteiger partial charge in [0.1, 0.15) is 0 Å². The molecular weight excluding hydrogens is 438 g/mol. The van der Waals surface area contributed by atoms with Gasteiger partial charge in [0.2, 0.25) is 0 Å². The first-order valence-corrected chi connectivity index (χ1v) is 10.7. The Morgan fingerprint density at radius 1 is 1.00 bits per heavy atom. The van der Waals surface area contributed by atoms with Crippen LogP contribution in [0.4, 0.5) is 5.69 Å². The minimum atomic E-state index is -0.0859. The van der Waals surface area contributed by atoms with Crippen molar-refractivity contribution in [2.24, 2.45) is 0 Å². The Hall–Kier alpha value is -3.05. The Labute approximate surface area is 185 Å². The van der Waals surface area contributed by atoms with Crippen LogP contribution in [0.5, 0.6) is 0 Å². The van der Waals surface area contributed by atoms with Crippen LogP contribution >= 0.6 is 15.9 Å². The summed E-state index contributed by atoms with van der Waals surface area (Å²) in [5.74, 6) is -0.0546. The lowest BCUT2D eigenvalue weighted by atomic mass is 9.90. The van der Waals surface area contributed by atoms with Gasteiger partial charge in [-0.15, -0.1) is 0 Å². The van der Waals surface area contributed by atoms with Crippen molar-refractivity contribution in [3.63, 3.8) is 0 Å². The summed E-state index contributed by atoms with van der Waals surface area (Å²) in [5, 5.41) is 4.31. The topological polar surface area (TPSA) is 48.1 Å². The molecule has 2 N–H and O–H groups in total. The maximum absolute atomic E-state index is 12.8. The first-order chi connectivity index (χ1) is 14.5. The Morgan fingerprint density at radius 3 is 2.43 bits per heavy atom. The smallest absolute Gasteiger partial charge is 0.252 e. The number of aromatic amines is 1. The van der Waals surface area contributed by atoms with Crippen molar-refractivity contribution >= 4 is 38.4 Å². The molecule has 1 heterocycles. The predicted octanol–water partition coefficient (Wildman–Crippen LogP) is 5.56. The summed E-state index contributed by atoms with van der Waals surface area (Å²) in [7, 11) is 4.06. The molecule has 0 aliphatic rings. The molecule has 4 aromatic rings. The van der Waals surface area contributed by atoms with Crippen LogP contribution < -0.4 is 10.2 Å². The van der Waals surface area contributed by atoms with E-state index >= 15 is 0 Å². The number of hydrogen-bond acceptors (Lipinski definition) is 2. The maximum atomic E-state index is 12.8. The van der Waals surface area contributed by atoms with E-state index in [0.29, 0.717) is 12.1 Å². The summed E-state index contributed by atoms with van der Waals surface area (Å²) in [5.41, 5.74) is 5.22. The van der Waals surface area contributed by atoms with Crippen molar-refractivity contribution in [1.82, 2.24) is 10.3 Å². The molecule has 0 fully saturated rings. The SMILES string of the molecule is CN(C)c1ccc([C@H](CNC(=O)c2ccccc2Br)c2c[nH]c3ccccc23)cc1. The first kappa shape index (κ1) is 20.2. The highest BCUT2D eigenvalue weighted by molar-refractivity contribution is 9.10. The van der Waals surface area contributed by atoms with E-state index in [0.717, 1.165) is 21.2 Å². The molecule has 0 radical (unpaired) electrons. The van der Waals surface area contributed by atoms with Gasteiger partial charge in [0.15, 0.2) is 0 Å². The fraction of sp³-hybridized carbons (Fsp3) is 0.160. The van der Waals surface area contributed by atoms with Crippen molar-refractivity contribution in [3.05, 3.63) is 100 Å². The molecule has 0 aliphatic heterocycles. The zero-order chi connectivity index (χ0) is 21.1. The zero-order valence-electron chi connectivity index (χ0n) is 17.0. The summed E-state index contributed by atoms with van der Waals surface area (Å²) in [4.78, 5) is 18.3. The van der Waals surface area contributed by atoms with E-state index in [2.05, 4.69) is 73.7 Å². The number of aromatic nitrogens is 1. The zero-order valence-corrected chi connectivity index (χ0v) is 18.6. The molecule has 4 nitrogen and oxygen atoms in total. The number of fused-ring (bicyclic) bond motifs is 1. The highest BCUT2D eigenvalue weighted by atomic mass is 79.9. The molecule has 0 bridgehead atoms. The second-order valence-electron chi connectivity index (χ2n) is 7.52. The van der Waals surface area contributed by atoms with Gasteiger partial charge in [-0.3, -0.25) is 4.79 Å². The molecule has 152 valence electrons. The van der Waals surface area contributed by atoms with E-state index in [1.807, 2.05) is 50.5 Å². The third-order valence-electron chi connectivity index (χ3n) is 5.39. The molecule has 3 aromatic carbocycles. The second-order valence-corrected chi connectivity index (χ2v) is 8.37. The van der Waals surface area contributed by atoms with Crippen molar-refractivity contribution in [1.29, 1.82) is 0 Å². The molecule has 0 saturated heterocycles. The monoisotopic (exact) mass is 461 g/mol. The normalized spacial score (nSPS) is 12.0. The average molecular weight is 462 g/mol. The van der Waals surface area contributed by atoms with Gasteiger partial charge in [0, 0.05) is 53.8 Å². The lowest BCUT2D eigenvalue weighted by Gasteiger charge is -2.20. The van der Waals surface area contributed by atoms with Gasteiger partial charge in [-0.05, 0) is 57.4 Å². The number of rotatable bonds is 6. The van der Waals surface area contributed by atoms with Gasteiger partial charge < -0.3 is 15.2 Å². The number of para-hydroxylation sites is 1. The molecule has 0 aliphatic carbocycles. The van der Waals surface area contributed by atoms with Crippen LogP contribution in [0, 0.1) is 0 Å². The summed E-state index contributed by atoms with van der Waals surface area (Å²) in [6.45, 7) is 0.503. The number of anilines is 1. The van der Waals surface area contributed by atoms with E-state index in [1.54, 1.807) is 0 Å². The average Bonchev–Trinajstić information content (AvgIpc) is 3.18. The number of carbonyl (C=O) groups is 1. The minimum absolute atomic E-state index is 0.0313. The van der Waals surface area contributed by atoms with Crippen LogP contribution in [-0.4, -0.2) is 31.5 Å². The third kappa shape index (κ3) is 4.12. The van der Waals surface area contributed by atoms with Gasteiger partial charge in [0.05, 0.1) is 5.56 Å². The van der Waals surface area contributed by atoms with Gasteiger partial charge in [0.25, 0.3) is 5.91 Å². The molecule has 1 aromatic heterocycles. The predicted molar refractivity (Wildman–Crippen MR) is 127 cm³/mol. The quantitative estimate of drug-likeness (QED) is 0.394. The third-order valence-corrected chi connectivity index (χ3v) is 6.09. The highest BCUT2D eigenvalue weighted by Crippen LogP contribution is 2.31. The number of hydrogen-bond donors (Lipinski definition) is 2. The highest BCUT2D eigenvalue weighted by Gasteiger charge is 2.20. The van der Waals surface area contributed by atoms with E-state index in [9.17, 15) is 4.79 Å².